The second-order valence-electron chi connectivity index (χ2n) is 6.31. The molecule has 2 heterocycles. The lowest BCUT2D eigenvalue weighted by atomic mass is 10.0. The number of aromatic nitrogens is 1. The lowest BCUT2D eigenvalue weighted by molar-refractivity contribution is 0.197. The van der Waals surface area contributed by atoms with Crippen LogP contribution >= 0.6 is 11.3 Å². The Labute approximate surface area is 120 Å². The van der Waals surface area contributed by atoms with Gasteiger partial charge in [0, 0.05) is 30.6 Å². The molecule has 3 rings (SSSR count). The first-order chi connectivity index (χ1) is 9.22. The highest BCUT2D eigenvalue weighted by Crippen LogP contribution is 2.26. The van der Waals surface area contributed by atoms with Crippen LogP contribution in [0, 0.1) is 5.92 Å². The van der Waals surface area contributed by atoms with Gasteiger partial charge in [0.1, 0.15) is 5.01 Å². The predicted octanol–water partition coefficient (Wildman–Crippen LogP) is 3.02. The van der Waals surface area contributed by atoms with Crippen LogP contribution in [0.3, 0.4) is 0 Å². The lowest BCUT2D eigenvalue weighted by Gasteiger charge is -2.26. The highest BCUT2D eigenvalue weighted by Gasteiger charge is 2.27. The molecule has 0 spiro atoms. The Morgan fingerprint density at radius 1 is 1.42 bits per heavy atom. The van der Waals surface area contributed by atoms with Crippen LogP contribution in [0.4, 0.5) is 0 Å². The molecule has 1 aromatic rings. The first-order valence-corrected chi connectivity index (χ1v) is 8.51. The summed E-state index contributed by atoms with van der Waals surface area (Å²) in [7, 11) is 0. The molecular weight excluding hydrogens is 254 g/mol. The van der Waals surface area contributed by atoms with E-state index in [1.807, 2.05) is 11.3 Å². The van der Waals surface area contributed by atoms with Gasteiger partial charge in [0.25, 0.3) is 0 Å². The quantitative estimate of drug-likeness (QED) is 0.867. The molecule has 1 aliphatic heterocycles. The fourth-order valence-electron chi connectivity index (χ4n) is 3.03. The van der Waals surface area contributed by atoms with Crippen molar-refractivity contribution in [1.82, 2.24) is 15.2 Å². The number of hydrogen-bond donors (Lipinski definition) is 1. The molecule has 0 amide bonds. The molecule has 1 aliphatic carbocycles. The Morgan fingerprint density at radius 2 is 2.26 bits per heavy atom. The highest BCUT2D eigenvalue weighted by atomic mass is 32.1. The Balaban J connectivity index is 1.53. The van der Waals surface area contributed by atoms with Crippen LogP contribution in [-0.4, -0.2) is 28.5 Å². The van der Waals surface area contributed by atoms with E-state index in [9.17, 15) is 0 Å². The second kappa shape index (κ2) is 5.90. The summed E-state index contributed by atoms with van der Waals surface area (Å²) in [5, 5.41) is 7.04. The number of nitrogens with zero attached hydrogens (tertiary/aromatic N) is 2. The summed E-state index contributed by atoms with van der Waals surface area (Å²) in [6, 6.07) is 1.53. The van der Waals surface area contributed by atoms with E-state index in [1.54, 1.807) is 0 Å². The van der Waals surface area contributed by atoms with E-state index in [-0.39, 0.29) is 0 Å². The summed E-state index contributed by atoms with van der Waals surface area (Å²) in [5.41, 5.74) is 1.27. The fraction of sp³-hybridized carbons (Fsp3) is 0.800. The third-order valence-corrected chi connectivity index (χ3v) is 5.17. The van der Waals surface area contributed by atoms with Crippen molar-refractivity contribution in [3.8, 4) is 0 Å². The van der Waals surface area contributed by atoms with Gasteiger partial charge in [0.2, 0.25) is 0 Å². The maximum atomic E-state index is 4.78. The van der Waals surface area contributed by atoms with Gasteiger partial charge < -0.3 is 5.32 Å². The van der Waals surface area contributed by atoms with Gasteiger partial charge in [0.05, 0.1) is 5.69 Å². The van der Waals surface area contributed by atoms with Crippen LogP contribution in [0.25, 0.3) is 0 Å². The molecule has 1 saturated carbocycles. The second-order valence-corrected chi connectivity index (χ2v) is 7.25. The van der Waals surface area contributed by atoms with E-state index in [4.69, 9.17) is 4.98 Å². The maximum Gasteiger partial charge on any atom is 0.107 e. The Kier molecular flexibility index (Phi) is 4.20. The number of likely N-dealkylation sites (tertiary alicyclic amines) is 1. The molecule has 0 aromatic carbocycles. The summed E-state index contributed by atoms with van der Waals surface area (Å²) in [6.45, 7) is 7.94. The first kappa shape index (κ1) is 13.5. The number of thiazole rings is 1. The SMILES string of the molecule is CC(C)C1CCCN1Cc1csc(CNC2CC2)n1. The summed E-state index contributed by atoms with van der Waals surface area (Å²) >= 11 is 1.81. The Bertz CT molecular complexity index is 411. The standard InChI is InChI=1S/C15H25N3S/c1-11(2)14-4-3-7-18(14)9-13-10-19-15(17-13)8-16-12-5-6-12/h10-12,14,16H,3-9H2,1-2H3. The molecule has 4 heteroatoms. The minimum absolute atomic E-state index is 0.759. The molecule has 1 N–H and O–H groups in total. The monoisotopic (exact) mass is 279 g/mol. The van der Waals surface area contributed by atoms with Crippen LogP contribution in [0.5, 0.6) is 0 Å². The van der Waals surface area contributed by atoms with Crippen molar-refractivity contribution >= 4 is 11.3 Å². The van der Waals surface area contributed by atoms with E-state index in [2.05, 4.69) is 29.4 Å². The maximum absolute atomic E-state index is 4.78. The third-order valence-electron chi connectivity index (χ3n) is 4.27. The zero-order valence-corrected chi connectivity index (χ0v) is 12.9. The van der Waals surface area contributed by atoms with Crippen LogP contribution in [0.1, 0.15) is 50.2 Å². The molecular formula is C15H25N3S. The average Bonchev–Trinajstić information content (AvgIpc) is 2.91. The number of hydrogen-bond acceptors (Lipinski definition) is 4. The van der Waals surface area contributed by atoms with Crippen molar-refractivity contribution in [3.63, 3.8) is 0 Å². The molecule has 3 nitrogen and oxygen atoms in total. The first-order valence-electron chi connectivity index (χ1n) is 7.63. The minimum Gasteiger partial charge on any atom is -0.308 e. The molecule has 0 bridgehead atoms. The third kappa shape index (κ3) is 3.56. The van der Waals surface area contributed by atoms with Gasteiger partial charge in [-0.25, -0.2) is 4.98 Å². The fourth-order valence-corrected chi connectivity index (χ4v) is 3.77. The smallest absolute Gasteiger partial charge is 0.107 e. The van der Waals surface area contributed by atoms with E-state index in [0.717, 1.165) is 31.1 Å². The van der Waals surface area contributed by atoms with E-state index in [1.165, 1.54) is 42.9 Å². The Hall–Kier alpha value is -0.450. The minimum atomic E-state index is 0.759. The van der Waals surface area contributed by atoms with Gasteiger partial charge in [0.15, 0.2) is 0 Å². The van der Waals surface area contributed by atoms with Gasteiger partial charge in [-0.15, -0.1) is 11.3 Å². The van der Waals surface area contributed by atoms with Crippen molar-refractivity contribution < 1.29 is 0 Å². The Morgan fingerprint density at radius 3 is 3.00 bits per heavy atom. The molecule has 1 aromatic heterocycles. The average molecular weight is 279 g/mol. The van der Waals surface area contributed by atoms with Crippen molar-refractivity contribution in [2.24, 2.45) is 5.92 Å². The zero-order chi connectivity index (χ0) is 13.2. The number of nitrogens with one attached hydrogen (secondary N) is 1. The molecule has 1 saturated heterocycles. The van der Waals surface area contributed by atoms with Crippen molar-refractivity contribution in [3.05, 3.63) is 16.1 Å². The molecule has 106 valence electrons. The summed E-state index contributed by atoms with van der Waals surface area (Å²) < 4.78 is 0. The van der Waals surface area contributed by atoms with Crippen LogP contribution in [0.2, 0.25) is 0 Å². The highest BCUT2D eigenvalue weighted by molar-refractivity contribution is 7.09. The normalized spacial score (nSPS) is 24.5. The van der Waals surface area contributed by atoms with Crippen LogP contribution in [-0.2, 0) is 13.1 Å². The van der Waals surface area contributed by atoms with Gasteiger partial charge >= 0.3 is 0 Å². The number of rotatable bonds is 6. The van der Waals surface area contributed by atoms with Gasteiger partial charge in [-0.05, 0) is 38.1 Å². The lowest BCUT2D eigenvalue weighted by Crippen LogP contribution is -2.32. The van der Waals surface area contributed by atoms with Crippen molar-refractivity contribution in [2.75, 3.05) is 6.54 Å². The van der Waals surface area contributed by atoms with E-state index >= 15 is 0 Å². The zero-order valence-electron chi connectivity index (χ0n) is 12.1. The van der Waals surface area contributed by atoms with E-state index < -0.39 is 0 Å². The van der Waals surface area contributed by atoms with Gasteiger partial charge in [-0.3, -0.25) is 4.90 Å². The predicted molar refractivity (Wildman–Crippen MR) is 80.2 cm³/mol. The van der Waals surface area contributed by atoms with Crippen LogP contribution in [0.15, 0.2) is 5.38 Å². The topological polar surface area (TPSA) is 28.2 Å². The van der Waals surface area contributed by atoms with Crippen molar-refractivity contribution in [2.45, 2.75) is 64.7 Å². The van der Waals surface area contributed by atoms with E-state index in [0.29, 0.717) is 0 Å². The summed E-state index contributed by atoms with van der Waals surface area (Å²) in [6.07, 6.45) is 5.41. The largest absolute Gasteiger partial charge is 0.308 e. The summed E-state index contributed by atoms with van der Waals surface area (Å²) in [4.78, 5) is 7.40. The van der Waals surface area contributed by atoms with Crippen LogP contribution < -0.4 is 5.32 Å². The summed E-state index contributed by atoms with van der Waals surface area (Å²) in [5.74, 6) is 0.761. The molecule has 2 aliphatic rings. The molecule has 19 heavy (non-hydrogen) atoms. The molecule has 1 atom stereocenters. The molecule has 1 unspecified atom stereocenters. The molecule has 2 fully saturated rings. The van der Waals surface area contributed by atoms with Gasteiger partial charge in [-0.2, -0.15) is 0 Å². The van der Waals surface area contributed by atoms with Gasteiger partial charge in [-0.1, -0.05) is 13.8 Å². The molecule has 0 radical (unpaired) electrons. The van der Waals surface area contributed by atoms with Crippen molar-refractivity contribution in [1.29, 1.82) is 0 Å².